The average molecular weight is 326 g/mol. The van der Waals surface area contributed by atoms with E-state index in [1.807, 2.05) is 38.1 Å². The molecule has 0 saturated carbocycles. The SMILES string of the molecule is Cc1ccc(C)c(N/C=C(/C#N)C(=O)Nc2ccccc2Cl)c1. The van der Waals surface area contributed by atoms with Gasteiger partial charge in [-0.3, -0.25) is 4.79 Å². The highest BCUT2D eigenvalue weighted by molar-refractivity contribution is 6.33. The summed E-state index contributed by atoms with van der Waals surface area (Å²) in [6.07, 6.45) is 1.40. The van der Waals surface area contributed by atoms with Crippen LogP contribution in [0.25, 0.3) is 0 Å². The molecule has 0 bridgehead atoms. The van der Waals surface area contributed by atoms with E-state index in [1.165, 1.54) is 6.20 Å². The van der Waals surface area contributed by atoms with Gasteiger partial charge in [0.2, 0.25) is 0 Å². The van der Waals surface area contributed by atoms with Crippen LogP contribution in [0, 0.1) is 25.2 Å². The lowest BCUT2D eigenvalue weighted by atomic mass is 10.1. The first kappa shape index (κ1) is 16.6. The molecular formula is C18H16ClN3O. The highest BCUT2D eigenvalue weighted by Crippen LogP contribution is 2.21. The summed E-state index contributed by atoms with van der Waals surface area (Å²) in [5.74, 6) is -0.515. The number of para-hydroxylation sites is 1. The number of benzene rings is 2. The molecule has 2 N–H and O–H groups in total. The van der Waals surface area contributed by atoms with Gasteiger partial charge in [0.15, 0.2) is 0 Å². The van der Waals surface area contributed by atoms with E-state index in [2.05, 4.69) is 10.6 Å². The minimum absolute atomic E-state index is 0.0363. The maximum atomic E-state index is 12.2. The maximum Gasteiger partial charge on any atom is 0.267 e. The van der Waals surface area contributed by atoms with Crippen LogP contribution in [0.1, 0.15) is 11.1 Å². The molecule has 0 heterocycles. The number of carbonyl (C=O) groups excluding carboxylic acids is 1. The Balaban J connectivity index is 2.16. The van der Waals surface area contributed by atoms with Gasteiger partial charge in [0.1, 0.15) is 11.6 Å². The summed E-state index contributed by atoms with van der Waals surface area (Å²) in [7, 11) is 0. The van der Waals surface area contributed by atoms with Crippen LogP contribution in [0.4, 0.5) is 11.4 Å². The summed E-state index contributed by atoms with van der Waals surface area (Å²) < 4.78 is 0. The van der Waals surface area contributed by atoms with Crippen molar-refractivity contribution >= 4 is 28.9 Å². The molecule has 116 valence electrons. The number of hydrogen-bond donors (Lipinski definition) is 2. The van der Waals surface area contributed by atoms with Gasteiger partial charge in [-0.05, 0) is 43.2 Å². The molecule has 0 fully saturated rings. The fourth-order valence-corrected chi connectivity index (χ4v) is 2.13. The molecule has 23 heavy (non-hydrogen) atoms. The van der Waals surface area contributed by atoms with Crippen LogP contribution >= 0.6 is 11.6 Å². The topological polar surface area (TPSA) is 64.9 Å². The van der Waals surface area contributed by atoms with Crippen LogP contribution < -0.4 is 10.6 Å². The predicted octanol–water partition coefficient (Wildman–Crippen LogP) is 4.41. The van der Waals surface area contributed by atoms with E-state index in [4.69, 9.17) is 11.6 Å². The molecule has 1 amide bonds. The molecule has 0 unspecified atom stereocenters. The third kappa shape index (κ3) is 4.35. The van der Waals surface area contributed by atoms with Crippen molar-refractivity contribution in [3.63, 3.8) is 0 Å². The van der Waals surface area contributed by atoms with E-state index in [-0.39, 0.29) is 5.57 Å². The van der Waals surface area contributed by atoms with Crippen molar-refractivity contribution in [2.45, 2.75) is 13.8 Å². The lowest BCUT2D eigenvalue weighted by Gasteiger charge is -2.08. The maximum absolute atomic E-state index is 12.2. The summed E-state index contributed by atoms with van der Waals surface area (Å²) in [5.41, 5.74) is 3.39. The Morgan fingerprint density at radius 1 is 1.17 bits per heavy atom. The number of aryl methyl sites for hydroxylation is 2. The average Bonchev–Trinajstić information content (AvgIpc) is 2.53. The number of anilines is 2. The molecule has 0 spiro atoms. The Morgan fingerprint density at radius 3 is 2.61 bits per heavy atom. The monoisotopic (exact) mass is 325 g/mol. The molecule has 0 atom stereocenters. The minimum Gasteiger partial charge on any atom is -0.360 e. The van der Waals surface area contributed by atoms with E-state index in [9.17, 15) is 10.1 Å². The summed E-state index contributed by atoms with van der Waals surface area (Å²) in [5, 5.41) is 15.2. The second-order valence-electron chi connectivity index (χ2n) is 5.07. The molecule has 0 saturated heterocycles. The van der Waals surface area contributed by atoms with E-state index in [1.54, 1.807) is 24.3 Å². The summed E-state index contributed by atoms with van der Waals surface area (Å²) in [6, 6.07) is 14.7. The van der Waals surface area contributed by atoms with Gasteiger partial charge in [0.05, 0.1) is 10.7 Å². The van der Waals surface area contributed by atoms with Gasteiger partial charge in [-0.2, -0.15) is 5.26 Å². The number of hydrogen-bond acceptors (Lipinski definition) is 3. The Morgan fingerprint density at radius 2 is 1.91 bits per heavy atom. The van der Waals surface area contributed by atoms with Crippen molar-refractivity contribution < 1.29 is 4.79 Å². The molecule has 2 aromatic rings. The van der Waals surface area contributed by atoms with E-state index >= 15 is 0 Å². The van der Waals surface area contributed by atoms with Crippen molar-refractivity contribution in [2.24, 2.45) is 0 Å². The van der Waals surface area contributed by atoms with Gasteiger partial charge in [-0.15, -0.1) is 0 Å². The number of amides is 1. The van der Waals surface area contributed by atoms with Crippen LogP contribution in [0.15, 0.2) is 54.2 Å². The quantitative estimate of drug-likeness (QED) is 0.646. The highest BCUT2D eigenvalue weighted by atomic mass is 35.5. The number of nitrogens with zero attached hydrogens (tertiary/aromatic N) is 1. The molecule has 2 aromatic carbocycles. The molecular weight excluding hydrogens is 310 g/mol. The third-order valence-corrected chi connectivity index (χ3v) is 3.58. The van der Waals surface area contributed by atoms with E-state index < -0.39 is 5.91 Å². The number of halogens is 1. The van der Waals surface area contributed by atoms with Gasteiger partial charge in [-0.1, -0.05) is 35.9 Å². The van der Waals surface area contributed by atoms with Gasteiger partial charge >= 0.3 is 0 Å². The lowest BCUT2D eigenvalue weighted by Crippen LogP contribution is -2.14. The first-order valence-electron chi connectivity index (χ1n) is 7.01. The van der Waals surface area contributed by atoms with Crippen LogP contribution in [0.3, 0.4) is 0 Å². The molecule has 5 heteroatoms. The Kier molecular flexibility index (Phi) is 5.40. The van der Waals surface area contributed by atoms with Crippen molar-refractivity contribution in [3.05, 3.63) is 70.4 Å². The number of nitriles is 1. The van der Waals surface area contributed by atoms with Crippen LogP contribution in [0.5, 0.6) is 0 Å². The lowest BCUT2D eigenvalue weighted by molar-refractivity contribution is -0.112. The number of nitrogens with one attached hydrogen (secondary N) is 2. The summed E-state index contributed by atoms with van der Waals surface area (Å²) in [6.45, 7) is 3.93. The van der Waals surface area contributed by atoms with Crippen molar-refractivity contribution in [1.82, 2.24) is 0 Å². The first-order valence-corrected chi connectivity index (χ1v) is 7.39. The zero-order valence-electron chi connectivity index (χ0n) is 12.9. The second kappa shape index (κ2) is 7.48. The smallest absolute Gasteiger partial charge is 0.267 e. The van der Waals surface area contributed by atoms with Gasteiger partial charge in [0.25, 0.3) is 5.91 Å². The van der Waals surface area contributed by atoms with Gasteiger partial charge < -0.3 is 10.6 Å². The highest BCUT2D eigenvalue weighted by Gasteiger charge is 2.11. The Bertz CT molecular complexity index is 806. The summed E-state index contributed by atoms with van der Waals surface area (Å²) in [4.78, 5) is 12.2. The van der Waals surface area contributed by atoms with Crippen LogP contribution in [-0.2, 0) is 4.79 Å². The number of rotatable bonds is 4. The number of carbonyl (C=O) groups is 1. The molecule has 0 aliphatic rings. The molecule has 0 radical (unpaired) electrons. The normalized spacial score (nSPS) is 10.8. The molecule has 0 aliphatic carbocycles. The fourth-order valence-electron chi connectivity index (χ4n) is 1.94. The largest absolute Gasteiger partial charge is 0.360 e. The van der Waals surface area contributed by atoms with Gasteiger partial charge in [0, 0.05) is 11.9 Å². The third-order valence-electron chi connectivity index (χ3n) is 3.25. The van der Waals surface area contributed by atoms with Crippen molar-refractivity contribution in [1.29, 1.82) is 5.26 Å². The molecule has 2 rings (SSSR count). The Labute approximate surface area is 140 Å². The second-order valence-corrected chi connectivity index (χ2v) is 5.47. The zero-order chi connectivity index (χ0) is 16.8. The molecule has 0 aliphatic heterocycles. The van der Waals surface area contributed by atoms with E-state index in [0.29, 0.717) is 10.7 Å². The zero-order valence-corrected chi connectivity index (χ0v) is 13.6. The summed E-state index contributed by atoms with van der Waals surface area (Å²) >= 11 is 5.99. The van der Waals surface area contributed by atoms with Crippen LogP contribution in [0.2, 0.25) is 5.02 Å². The van der Waals surface area contributed by atoms with Crippen molar-refractivity contribution in [2.75, 3.05) is 10.6 Å². The molecule has 4 nitrogen and oxygen atoms in total. The van der Waals surface area contributed by atoms with Gasteiger partial charge in [-0.25, -0.2) is 0 Å². The Hall–Kier alpha value is -2.77. The predicted molar refractivity (Wildman–Crippen MR) is 93.3 cm³/mol. The van der Waals surface area contributed by atoms with Crippen molar-refractivity contribution in [3.8, 4) is 6.07 Å². The first-order chi connectivity index (χ1) is 11.0. The van der Waals surface area contributed by atoms with Crippen LogP contribution in [-0.4, -0.2) is 5.91 Å². The molecule has 0 aromatic heterocycles. The minimum atomic E-state index is -0.515. The fraction of sp³-hybridized carbons (Fsp3) is 0.111. The standard InChI is InChI=1S/C18H16ClN3O/c1-12-7-8-13(2)17(9-12)21-11-14(10-20)18(23)22-16-6-4-3-5-15(16)19/h3-9,11,21H,1-2H3,(H,22,23)/b14-11-. The van der Waals surface area contributed by atoms with E-state index in [0.717, 1.165) is 16.8 Å².